The van der Waals surface area contributed by atoms with Gasteiger partial charge in [-0.25, -0.2) is 9.13 Å². The number of ether oxygens (including phenoxy) is 4. The predicted molar refractivity (Wildman–Crippen MR) is 372 cm³/mol. The molecule has 0 aromatic rings. The normalized spacial score (nSPS) is 14.1. The standard InChI is InChI=1S/C73H142O17P2/c1-8-9-10-11-12-13-14-19-23-26-33-40-47-54-70(75)83-60-68(89-72(77)56-49-42-34-27-24-21-18-16-15-17-20-22-25-30-37-44-51-64(2)3)62-87-91(79,80)85-58-67(74)59-86-92(81,82)88-63-69(90-73(78)57-50-43-36-29-32-39-46-53-66(6)7)61-84-71(76)55-48-41-35-28-31-38-45-52-65(4)5/h64-69,74H,8-63H2,1-7H3,(H,79,80)(H,81,82)/t67-,68-,69-/m1/s1. The van der Waals surface area contributed by atoms with Crippen molar-refractivity contribution >= 4 is 39.5 Å². The maximum absolute atomic E-state index is 13.1. The van der Waals surface area contributed by atoms with Crippen molar-refractivity contribution in [3.8, 4) is 0 Å². The Morgan fingerprint density at radius 3 is 0.739 bits per heavy atom. The molecule has 3 N–H and O–H groups in total. The van der Waals surface area contributed by atoms with Gasteiger partial charge < -0.3 is 33.8 Å². The van der Waals surface area contributed by atoms with Gasteiger partial charge in [0.25, 0.3) is 0 Å². The van der Waals surface area contributed by atoms with Crippen LogP contribution in [0.3, 0.4) is 0 Å². The molecule has 0 saturated carbocycles. The van der Waals surface area contributed by atoms with Crippen molar-refractivity contribution in [1.29, 1.82) is 0 Å². The summed E-state index contributed by atoms with van der Waals surface area (Å²) in [5.74, 6) is 0.0854. The van der Waals surface area contributed by atoms with E-state index in [2.05, 4.69) is 48.5 Å². The second-order valence-electron chi connectivity index (χ2n) is 27.8. The van der Waals surface area contributed by atoms with E-state index < -0.39 is 97.5 Å². The van der Waals surface area contributed by atoms with Crippen molar-refractivity contribution in [2.45, 2.75) is 388 Å². The molecule has 0 aromatic carbocycles. The Balaban J connectivity index is 5.21. The SMILES string of the molecule is CCCCCCCCCCCCCCCC(=O)OC[C@H](COP(=O)(O)OC[C@@H](O)COP(=O)(O)OC[C@@H](COC(=O)CCCCCCCCCC(C)C)OC(=O)CCCCCCCCCC(C)C)OC(=O)CCCCCCCCCCCCCCCCCCC(C)C. The average Bonchev–Trinajstić information content (AvgIpc) is 3.11. The highest BCUT2D eigenvalue weighted by Gasteiger charge is 2.30. The van der Waals surface area contributed by atoms with Crippen LogP contribution in [0.15, 0.2) is 0 Å². The Bertz CT molecular complexity index is 1800. The summed E-state index contributed by atoms with van der Waals surface area (Å²) in [5, 5.41) is 10.6. The minimum absolute atomic E-state index is 0.103. The highest BCUT2D eigenvalue weighted by molar-refractivity contribution is 7.47. The summed E-state index contributed by atoms with van der Waals surface area (Å²) >= 11 is 0. The monoisotopic (exact) mass is 1350 g/mol. The number of rotatable bonds is 71. The van der Waals surface area contributed by atoms with Gasteiger partial charge in [-0.3, -0.25) is 37.3 Å². The van der Waals surface area contributed by atoms with Gasteiger partial charge >= 0.3 is 39.5 Å². The molecule has 0 rings (SSSR count). The first-order valence-corrected chi connectivity index (χ1v) is 40.8. The topological polar surface area (TPSA) is 237 Å². The first-order chi connectivity index (χ1) is 44.2. The molecule has 17 nitrogen and oxygen atoms in total. The number of esters is 4. The molecule has 0 bridgehead atoms. The molecule has 0 amide bonds. The van der Waals surface area contributed by atoms with Crippen LogP contribution >= 0.6 is 15.6 Å². The van der Waals surface area contributed by atoms with Crippen molar-refractivity contribution in [2.75, 3.05) is 39.6 Å². The van der Waals surface area contributed by atoms with Crippen LogP contribution in [0.25, 0.3) is 0 Å². The molecule has 0 heterocycles. The Labute approximate surface area is 562 Å². The third kappa shape index (κ3) is 66.7. The number of hydrogen-bond acceptors (Lipinski definition) is 15. The molecule has 0 radical (unpaired) electrons. The van der Waals surface area contributed by atoms with E-state index in [1.807, 2.05) is 0 Å². The van der Waals surface area contributed by atoms with Gasteiger partial charge in [-0.15, -0.1) is 0 Å². The highest BCUT2D eigenvalue weighted by atomic mass is 31.2. The average molecular weight is 1350 g/mol. The molecule has 0 aliphatic rings. The second kappa shape index (κ2) is 63.8. The lowest BCUT2D eigenvalue weighted by Crippen LogP contribution is -2.30. The molecular formula is C73H142O17P2. The smallest absolute Gasteiger partial charge is 0.462 e. The second-order valence-corrected chi connectivity index (χ2v) is 30.7. The van der Waals surface area contributed by atoms with Crippen LogP contribution < -0.4 is 0 Å². The lowest BCUT2D eigenvalue weighted by molar-refractivity contribution is -0.161. The molecule has 0 fully saturated rings. The van der Waals surface area contributed by atoms with Crippen LogP contribution in [0.1, 0.15) is 370 Å². The van der Waals surface area contributed by atoms with E-state index in [1.165, 1.54) is 173 Å². The molecule has 0 aliphatic carbocycles. The number of aliphatic hydroxyl groups excluding tert-OH is 1. The lowest BCUT2D eigenvalue weighted by Gasteiger charge is -2.21. The van der Waals surface area contributed by atoms with Crippen LogP contribution in [0.5, 0.6) is 0 Å². The number of carbonyl (C=O) groups is 4. The van der Waals surface area contributed by atoms with E-state index in [0.717, 1.165) is 102 Å². The molecule has 546 valence electrons. The van der Waals surface area contributed by atoms with Gasteiger partial charge in [0.1, 0.15) is 19.3 Å². The van der Waals surface area contributed by atoms with E-state index in [9.17, 15) is 43.2 Å². The zero-order valence-electron chi connectivity index (χ0n) is 60.0. The van der Waals surface area contributed by atoms with Crippen LogP contribution in [0, 0.1) is 17.8 Å². The van der Waals surface area contributed by atoms with Gasteiger partial charge in [0, 0.05) is 25.7 Å². The number of phosphoric acid groups is 2. The molecule has 0 saturated heterocycles. The summed E-state index contributed by atoms with van der Waals surface area (Å²) in [6, 6.07) is 0. The molecular weight excluding hydrogens is 1210 g/mol. The molecule has 0 aromatic heterocycles. The molecule has 0 spiro atoms. The molecule has 2 unspecified atom stereocenters. The highest BCUT2D eigenvalue weighted by Crippen LogP contribution is 2.45. The zero-order chi connectivity index (χ0) is 68.0. The predicted octanol–water partition coefficient (Wildman–Crippen LogP) is 21.0. The molecule has 0 aliphatic heterocycles. The summed E-state index contributed by atoms with van der Waals surface area (Å²) in [6.45, 7) is 11.8. The minimum atomic E-state index is -4.95. The number of aliphatic hydroxyl groups is 1. The lowest BCUT2D eigenvalue weighted by atomic mass is 10.0. The van der Waals surface area contributed by atoms with Crippen molar-refractivity contribution in [3.63, 3.8) is 0 Å². The van der Waals surface area contributed by atoms with Crippen molar-refractivity contribution in [2.24, 2.45) is 17.8 Å². The van der Waals surface area contributed by atoms with Crippen LogP contribution in [0.4, 0.5) is 0 Å². The van der Waals surface area contributed by atoms with Crippen LogP contribution in [0.2, 0.25) is 0 Å². The van der Waals surface area contributed by atoms with E-state index in [-0.39, 0.29) is 25.7 Å². The molecule has 5 atom stereocenters. The summed E-state index contributed by atoms with van der Waals surface area (Å²) in [5.41, 5.74) is 0. The van der Waals surface area contributed by atoms with E-state index in [0.29, 0.717) is 37.5 Å². The Morgan fingerprint density at radius 1 is 0.293 bits per heavy atom. The van der Waals surface area contributed by atoms with Crippen molar-refractivity contribution in [1.82, 2.24) is 0 Å². The fraction of sp³-hybridized carbons (Fsp3) is 0.945. The summed E-state index contributed by atoms with van der Waals surface area (Å²) < 4.78 is 68.3. The van der Waals surface area contributed by atoms with Gasteiger partial charge in [-0.05, 0) is 43.4 Å². The molecule has 92 heavy (non-hydrogen) atoms. The first kappa shape index (κ1) is 90.1. The van der Waals surface area contributed by atoms with Gasteiger partial charge in [-0.2, -0.15) is 0 Å². The maximum Gasteiger partial charge on any atom is 0.472 e. The first-order valence-electron chi connectivity index (χ1n) is 37.8. The van der Waals surface area contributed by atoms with Crippen LogP contribution in [-0.2, 0) is 65.4 Å². The quantitative estimate of drug-likeness (QED) is 0.0222. The fourth-order valence-electron chi connectivity index (χ4n) is 11.1. The maximum atomic E-state index is 13.1. The summed E-state index contributed by atoms with van der Waals surface area (Å²) in [4.78, 5) is 72.6. The van der Waals surface area contributed by atoms with Crippen LogP contribution in [-0.4, -0.2) is 96.7 Å². The van der Waals surface area contributed by atoms with E-state index >= 15 is 0 Å². The van der Waals surface area contributed by atoms with Crippen molar-refractivity contribution in [3.05, 3.63) is 0 Å². The number of phosphoric ester groups is 2. The number of carbonyl (C=O) groups excluding carboxylic acids is 4. The van der Waals surface area contributed by atoms with Gasteiger partial charge in [0.15, 0.2) is 12.2 Å². The Morgan fingerprint density at radius 2 is 0.500 bits per heavy atom. The molecule has 19 heteroatoms. The fourth-order valence-corrected chi connectivity index (χ4v) is 12.7. The number of unbranched alkanes of at least 4 members (excludes halogenated alkanes) is 39. The Kier molecular flexibility index (Phi) is 62.4. The largest absolute Gasteiger partial charge is 0.472 e. The van der Waals surface area contributed by atoms with Gasteiger partial charge in [0.2, 0.25) is 0 Å². The Hall–Kier alpha value is -1.94. The van der Waals surface area contributed by atoms with E-state index in [1.54, 1.807) is 0 Å². The third-order valence-electron chi connectivity index (χ3n) is 16.9. The van der Waals surface area contributed by atoms with Crippen molar-refractivity contribution < 1.29 is 80.2 Å². The summed E-state index contributed by atoms with van der Waals surface area (Å²) in [6.07, 6.45) is 48.8. The minimum Gasteiger partial charge on any atom is -0.462 e. The number of hydrogen-bond donors (Lipinski definition) is 3. The van der Waals surface area contributed by atoms with E-state index in [4.69, 9.17) is 37.0 Å². The third-order valence-corrected chi connectivity index (χ3v) is 18.8. The summed E-state index contributed by atoms with van der Waals surface area (Å²) in [7, 11) is -9.90. The zero-order valence-corrected chi connectivity index (χ0v) is 61.8. The van der Waals surface area contributed by atoms with Gasteiger partial charge in [-0.1, -0.05) is 318 Å². The van der Waals surface area contributed by atoms with Gasteiger partial charge in [0.05, 0.1) is 26.4 Å².